The predicted molar refractivity (Wildman–Crippen MR) is 65.0 cm³/mol. The summed E-state index contributed by atoms with van der Waals surface area (Å²) in [6, 6.07) is 7.64. The van der Waals surface area contributed by atoms with Crippen LogP contribution in [0.5, 0.6) is 0 Å². The third kappa shape index (κ3) is 3.07. The minimum Gasteiger partial charge on any atom is -0.399 e. The van der Waals surface area contributed by atoms with Gasteiger partial charge in [0.25, 0.3) is 0 Å². The standard InChI is InChI=1S/C13H10F3N3/c1-19-12(13(14,15)16)8-11(18-19)7-4-9-2-5-10(17)6-3-9/h2-3,5-6,8H,17H2,1H3. The molecule has 6 heteroatoms. The zero-order chi connectivity index (χ0) is 14.0. The Morgan fingerprint density at radius 3 is 2.32 bits per heavy atom. The first-order valence-corrected chi connectivity index (χ1v) is 5.35. The molecule has 0 radical (unpaired) electrons. The van der Waals surface area contributed by atoms with Crippen molar-refractivity contribution in [3.8, 4) is 11.8 Å². The van der Waals surface area contributed by atoms with Gasteiger partial charge in [0.2, 0.25) is 0 Å². The molecule has 2 N–H and O–H groups in total. The summed E-state index contributed by atoms with van der Waals surface area (Å²) in [4.78, 5) is 0. The molecular formula is C13H10F3N3. The van der Waals surface area contributed by atoms with E-state index in [1.807, 2.05) is 0 Å². The second-order valence-corrected chi connectivity index (χ2v) is 3.91. The Balaban J connectivity index is 2.28. The van der Waals surface area contributed by atoms with Gasteiger partial charge in [0.1, 0.15) is 11.4 Å². The number of alkyl halides is 3. The quantitative estimate of drug-likeness (QED) is 0.587. The van der Waals surface area contributed by atoms with E-state index in [2.05, 4.69) is 16.9 Å². The van der Waals surface area contributed by atoms with Crippen molar-refractivity contribution in [1.29, 1.82) is 0 Å². The highest BCUT2D eigenvalue weighted by Gasteiger charge is 2.34. The molecule has 0 unspecified atom stereocenters. The molecule has 2 rings (SSSR count). The van der Waals surface area contributed by atoms with Crippen molar-refractivity contribution in [2.45, 2.75) is 6.18 Å². The molecule has 19 heavy (non-hydrogen) atoms. The van der Waals surface area contributed by atoms with Crippen LogP contribution in [0.2, 0.25) is 0 Å². The van der Waals surface area contributed by atoms with Gasteiger partial charge in [-0.1, -0.05) is 5.92 Å². The lowest BCUT2D eigenvalue weighted by molar-refractivity contribution is -0.143. The van der Waals surface area contributed by atoms with Crippen LogP contribution < -0.4 is 5.73 Å². The molecule has 0 atom stereocenters. The fraction of sp³-hybridized carbons (Fsp3) is 0.154. The maximum Gasteiger partial charge on any atom is 0.433 e. The molecule has 0 saturated carbocycles. The van der Waals surface area contributed by atoms with Gasteiger partial charge < -0.3 is 5.73 Å². The van der Waals surface area contributed by atoms with Gasteiger partial charge in [-0.2, -0.15) is 18.3 Å². The van der Waals surface area contributed by atoms with Crippen LogP contribution in [0.4, 0.5) is 18.9 Å². The summed E-state index contributed by atoms with van der Waals surface area (Å²) < 4.78 is 38.4. The van der Waals surface area contributed by atoms with Crippen LogP contribution in [0, 0.1) is 11.8 Å². The van der Waals surface area contributed by atoms with Gasteiger partial charge in [0.05, 0.1) is 0 Å². The Hall–Kier alpha value is -2.42. The zero-order valence-corrected chi connectivity index (χ0v) is 9.99. The average molecular weight is 265 g/mol. The fourth-order valence-electron chi connectivity index (χ4n) is 1.50. The van der Waals surface area contributed by atoms with Crippen molar-refractivity contribution in [1.82, 2.24) is 9.78 Å². The van der Waals surface area contributed by atoms with Crippen LogP contribution in [0.15, 0.2) is 30.3 Å². The van der Waals surface area contributed by atoms with Crippen molar-refractivity contribution in [2.24, 2.45) is 7.05 Å². The Labute approximate surface area is 107 Å². The minimum atomic E-state index is -4.43. The van der Waals surface area contributed by atoms with E-state index in [-0.39, 0.29) is 5.69 Å². The van der Waals surface area contributed by atoms with Crippen molar-refractivity contribution >= 4 is 5.69 Å². The molecule has 0 fully saturated rings. The lowest BCUT2D eigenvalue weighted by Gasteiger charge is -2.04. The number of anilines is 1. The molecule has 0 aliphatic carbocycles. The highest BCUT2D eigenvalue weighted by Crippen LogP contribution is 2.28. The molecule has 1 aromatic heterocycles. The number of aryl methyl sites for hydroxylation is 1. The van der Waals surface area contributed by atoms with Gasteiger partial charge in [-0.25, -0.2) is 0 Å². The molecule has 0 amide bonds. The molecule has 98 valence electrons. The van der Waals surface area contributed by atoms with Gasteiger partial charge in [-0.05, 0) is 30.2 Å². The maximum atomic E-state index is 12.5. The molecule has 0 saturated heterocycles. The average Bonchev–Trinajstić information content (AvgIpc) is 2.70. The number of hydrogen-bond acceptors (Lipinski definition) is 2. The fourth-order valence-corrected chi connectivity index (χ4v) is 1.50. The second-order valence-electron chi connectivity index (χ2n) is 3.91. The highest BCUT2D eigenvalue weighted by molar-refractivity contribution is 5.46. The normalized spacial score (nSPS) is 10.9. The predicted octanol–water partition coefficient (Wildman–Crippen LogP) is 2.42. The van der Waals surface area contributed by atoms with Crippen molar-refractivity contribution in [3.05, 3.63) is 47.3 Å². The number of nitrogens with zero attached hydrogens (tertiary/aromatic N) is 2. The van der Waals surface area contributed by atoms with E-state index in [1.54, 1.807) is 24.3 Å². The van der Waals surface area contributed by atoms with E-state index in [0.717, 1.165) is 10.7 Å². The van der Waals surface area contributed by atoms with E-state index in [4.69, 9.17) is 5.73 Å². The van der Waals surface area contributed by atoms with Crippen molar-refractivity contribution < 1.29 is 13.2 Å². The molecule has 1 aromatic carbocycles. The summed E-state index contributed by atoms with van der Waals surface area (Å²) >= 11 is 0. The Kier molecular flexibility index (Phi) is 3.21. The van der Waals surface area contributed by atoms with Gasteiger partial charge in [-0.3, -0.25) is 4.68 Å². The Morgan fingerprint density at radius 2 is 1.79 bits per heavy atom. The van der Waals surface area contributed by atoms with E-state index in [0.29, 0.717) is 11.3 Å². The summed E-state index contributed by atoms with van der Waals surface area (Å²) in [6.07, 6.45) is -4.43. The number of benzene rings is 1. The van der Waals surface area contributed by atoms with Crippen LogP contribution in [0.3, 0.4) is 0 Å². The Bertz CT molecular complexity index is 642. The molecule has 3 nitrogen and oxygen atoms in total. The van der Waals surface area contributed by atoms with Crippen LogP contribution in [0.25, 0.3) is 0 Å². The monoisotopic (exact) mass is 265 g/mol. The molecule has 2 aromatic rings. The largest absolute Gasteiger partial charge is 0.433 e. The van der Waals surface area contributed by atoms with Gasteiger partial charge in [0.15, 0.2) is 0 Å². The first kappa shape index (κ1) is 13.0. The van der Waals surface area contributed by atoms with E-state index < -0.39 is 11.9 Å². The number of nitrogen functional groups attached to an aromatic ring is 1. The summed E-state index contributed by atoms with van der Waals surface area (Å²) in [6.45, 7) is 0. The van der Waals surface area contributed by atoms with E-state index >= 15 is 0 Å². The van der Waals surface area contributed by atoms with Crippen molar-refractivity contribution in [3.63, 3.8) is 0 Å². The number of hydrogen-bond donors (Lipinski definition) is 1. The van der Waals surface area contributed by atoms with E-state index in [9.17, 15) is 13.2 Å². The number of nitrogens with two attached hydrogens (primary N) is 1. The van der Waals surface area contributed by atoms with Crippen molar-refractivity contribution in [2.75, 3.05) is 5.73 Å². The number of rotatable bonds is 0. The maximum absolute atomic E-state index is 12.5. The van der Waals surface area contributed by atoms with Crippen LogP contribution >= 0.6 is 0 Å². The summed E-state index contributed by atoms with van der Waals surface area (Å²) in [5.74, 6) is 5.32. The summed E-state index contributed by atoms with van der Waals surface area (Å²) in [7, 11) is 1.23. The van der Waals surface area contributed by atoms with Gasteiger partial charge >= 0.3 is 6.18 Å². The molecule has 0 aliphatic heterocycles. The first-order valence-electron chi connectivity index (χ1n) is 5.35. The molecule has 0 aliphatic rings. The van der Waals surface area contributed by atoms with Gasteiger partial charge in [0, 0.05) is 24.4 Å². The number of aromatic nitrogens is 2. The lowest BCUT2D eigenvalue weighted by atomic mass is 10.2. The molecule has 1 heterocycles. The van der Waals surface area contributed by atoms with Gasteiger partial charge in [-0.15, -0.1) is 0 Å². The lowest BCUT2D eigenvalue weighted by Crippen LogP contribution is -2.11. The Morgan fingerprint density at radius 1 is 1.16 bits per heavy atom. The molecule has 0 bridgehead atoms. The first-order chi connectivity index (χ1) is 8.86. The molecule has 0 spiro atoms. The summed E-state index contributed by atoms with van der Waals surface area (Å²) in [5.41, 5.74) is 6.03. The van der Waals surface area contributed by atoms with Crippen LogP contribution in [-0.4, -0.2) is 9.78 Å². The minimum absolute atomic E-state index is 0.0756. The topological polar surface area (TPSA) is 43.8 Å². The second kappa shape index (κ2) is 4.69. The van der Waals surface area contributed by atoms with Crippen LogP contribution in [0.1, 0.15) is 17.0 Å². The summed E-state index contributed by atoms with van der Waals surface area (Å²) in [5, 5.41) is 3.71. The smallest absolute Gasteiger partial charge is 0.399 e. The highest BCUT2D eigenvalue weighted by atomic mass is 19.4. The van der Waals surface area contributed by atoms with Crippen LogP contribution in [-0.2, 0) is 13.2 Å². The zero-order valence-electron chi connectivity index (χ0n) is 9.99. The number of halogens is 3. The SMILES string of the molecule is Cn1nc(C#Cc2ccc(N)cc2)cc1C(F)(F)F. The third-order valence-electron chi connectivity index (χ3n) is 2.42. The van der Waals surface area contributed by atoms with E-state index in [1.165, 1.54) is 7.05 Å². The third-order valence-corrected chi connectivity index (χ3v) is 2.42. The molecular weight excluding hydrogens is 255 g/mol.